The van der Waals surface area contributed by atoms with E-state index in [0.29, 0.717) is 12.7 Å². The molecule has 0 aromatic heterocycles. The Hall–Kier alpha value is -1.16. The van der Waals surface area contributed by atoms with Crippen LogP contribution in [0.1, 0.15) is 6.92 Å². The van der Waals surface area contributed by atoms with Crippen molar-refractivity contribution in [1.82, 2.24) is 0 Å². The summed E-state index contributed by atoms with van der Waals surface area (Å²) in [7, 11) is -1.84. The third kappa shape index (κ3) is 3.45. The van der Waals surface area contributed by atoms with Crippen LogP contribution in [0.3, 0.4) is 0 Å². The van der Waals surface area contributed by atoms with Gasteiger partial charge in [0.25, 0.3) is 0 Å². The van der Waals surface area contributed by atoms with E-state index in [1.54, 1.807) is 19.1 Å². The molecule has 16 heavy (non-hydrogen) atoms. The van der Waals surface area contributed by atoms with E-state index < -0.39 is 8.07 Å². The molecule has 0 saturated heterocycles. The van der Waals surface area contributed by atoms with Crippen molar-refractivity contribution in [3.05, 3.63) is 30.1 Å². The minimum Gasteiger partial charge on any atom is -0.466 e. The van der Waals surface area contributed by atoms with Gasteiger partial charge in [0.2, 0.25) is 0 Å². The zero-order valence-electron chi connectivity index (χ0n) is 9.92. The summed E-state index contributed by atoms with van der Waals surface area (Å²) in [5.41, 5.74) is 0. The Morgan fingerprint density at radius 2 is 1.88 bits per heavy atom. The number of carbonyl (C=O) groups excluding carboxylic acids is 1. The van der Waals surface area contributed by atoms with Gasteiger partial charge in [-0.3, -0.25) is 4.79 Å². The van der Waals surface area contributed by atoms with Crippen LogP contribution in [0.15, 0.2) is 24.3 Å². The average Bonchev–Trinajstić information content (AvgIpc) is 2.17. The van der Waals surface area contributed by atoms with Gasteiger partial charge in [0.05, 0.1) is 14.7 Å². The van der Waals surface area contributed by atoms with Gasteiger partial charge in [0.1, 0.15) is 5.82 Å². The molecule has 2 nitrogen and oxygen atoms in total. The highest BCUT2D eigenvalue weighted by Gasteiger charge is 2.27. The summed E-state index contributed by atoms with van der Waals surface area (Å²) >= 11 is 0. The minimum absolute atomic E-state index is 0.163. The van der Waals surface area contributed by atoms with Gasteiger partial charge in [0.15, 0.2) is 0 Å². The number of ether oxygens (including phenoxy) is 1. The predicted octanol–water partition coefficient (Wildman–Crippen LogP) is 2.30. The van der Waals surface area contributed by atoms with Crippen molar-refractivity contribution < 1.29 is 13.9 Å². The first-order valence-electron chi connectivity index (χ1n) is 5.37. The Labute approximate surface area is 96.4 Å². The van der Waals surface area contributed by atoms with Crippen LogP contribution in [0.2, 0.25) is 19.1 Å². The molecule has 0 spiro atoms. The van der Waals surface area contributed by atoms with Crippen LogP contribution < -0.4 is 5.19 Å². The van der Waals surface area contributed by atoms with Gasteiger partial charge in [-0.1, -0.05) is 30.4 Å². The van der Waals surface area contributed by atoms with Crippen molar-refractivity contribution in [2.24, 2.45) is 0 Å². The number of benzene rings is 1. The lowest BCUT2D eigenvalue weighted by Gasteiger charge is -2.21. The second kappa shape index (κ2) is 5.25. The van der Waals surface area contributed by atoms with Crippen molar-refractivity contribution in [3.8, 4) is 0 Å². The van der Waals surface area contributed by atoms with E-state index in [9.17, 15) is 9.18 Å². The molecule has 4 heteroatoms. The first-order valence-corrected chi connectivity index (χ1v) is 8.58. The van der Waals surface area contributed by atoms with Crippen molar-refractivity contribution in [2.75, 3.05) is 6.61 Å². The first-order chi connectivity index (χ1) is 7.45. The fourth-order valence-electron chi connectivity index (χ4n) is 1.58. The maximum Gasteiger partial charge on any atom is 0.303 e. The molecule has 0 saturated carbocycles. The molecule has 0 aliphatic rings. The summed E-state index contributed by atoms with van der Waals surface area (Å²) < 4.78 is 17.7. The van der Waals surface area contributed by atoms with Crippen LogP contribution in [0.4, 0.5) is 4.39 Å². The monoisotopic (exact) mass is 240 g/mol. The quantitative estimate of drug-likeness (QED) is 0.596. The topological polar surface area (TPSA) is 26.3 Å². The first kappa shape index (κ1) is 12.9. The minimum atomic E-state index is -1.84. The summed E-state index contributed by atoms with van der Waals surface area (Å²) in [6, 6.07) is 6.85. The number of rotatable bonds is 4. The van der Waals surface area contributed by atoms with Crippen molar-refractivity contribution >= 4 is 19.2 Å². The fourth-order valence-corrected chi connectivity index (χ4v) is 3.67. The number of carbonyl (C=O) groups is 1. The SMILES string of the molecule is CCOC(=O)C[Si](C)(C)c1ccc(F)cc1. The zero-order chi connectivity index (χ0) is 12.2. The molecule has 88 valence electrons. The molecule has 1 rings (SSSR count). The highest BCUT2D eigenvalue weighted by molar-refractivity contribution is 6.91. The van der Waals surface area contributed by atoms with Crippen LogP contribution in [0, 0.1) is 5.82 Å². The normalized spacial score (nSPS) is 11.2. The Bertz CT molecular complexity index is 360. The van der Waals surface area contributed by atoms with Gasteiger partial charge in [-0.15, -0.1) is 0 Å². The van der Waals surface area contributed by atoms with Crippen LogP contribution in [0.5, 0.6) is 0 Å². The smallest absolute Gasteiger partial charge is 0.303 e. The molecule has 0 radical (unpaired) electrons. The van der Waals surface area contributed by atoms with E-state index >= 15 is 0 Å². The van der Waals surface area contributed by atoms with Gasteiger partial charge >= 0.3 is 5.97 Å². The summed E-state index contributed by atoms with van der Waals surface area (Å²) in [6.07, 6.45) is 0. The maximum atomic E-state index is 12.8. The predicted molar refractivity (Wildman–Crippen MR) is 65.0 cm³/mol. The Balaban J connectivity index is 2.76. The van der Waals surface area contributed by atoms with E-state index in [0.717, 1.165) is 5.19 Å². The summed E-state index contributed by atoms with van der Waals surface area (Å²) in [5.74, 6) is -0.409. The molecule has 0 aliphatic heterocycles. The van der Waals surface area contributed by atoms with Gasteiger partial charge in [-0.2, -0.15) is 0 Å². The second-order valence-corrected chi connectivity index (χ2v) is 9.07. The molecule has 1 aromatic carbocycles. The molecular weight excluding hydrogens is 223 g/mol. The molecular formula is C12H17FO2Si. The summed E-state index contributed by atoms with van der Waals surface area (Å²) in [4.78, 5) is 11.4. The number of hydrogen-bond donors (Lipinski definition) is 0. The third-order valence-corrected chi connectivity index (χ3v) is 5.59. The highest BCUT2D eigenvalue weighted by atomic mass is 28.3. The van der Waals surface area contributed by atoms with Crippen molar-refractivity contribution in [3.63, 3.8) is 0 Å². The van der Waals surface area contributed by atoms with Gasteiger partial charge in [-0.05, 0) is 19.1 Å². The lowest BCUT2D eigenvalue weighted by atomic mass is 10.3. The Morgan fingerprint density at radius 3 is 2.38 bits per heavy atom. The summed E-state index contributed by atoms with van der Waals surface area (Å²) in [6.45, 7) is 6.37. The van der Waals surface area contributed by atoms with Crippen LogP contribution in [-0.4, -0.2) is 20.7 Å². The molecule has 1 aromatic rings. The Kier molecular flexibility index (Phi) is 4.24. The van der Waals surface area contributed by atoms with E-state index in [-0.39, 0.29) is 11.8 Å². The Morgan fingerprint density at radius 1 is 1.31 bits per heavy atom. The van der Waals surface area contributed by atoms with Gasteiger partial charge in [-0.25, -0.2) is 4.39 Å². The molecule has 0 heterocycles. The van der Waals surface area contributed by atoms with E-state index in [1.165, 1.54) is 12.1 Å². The highest BCUT2D eigenvalue weighted by Crippen LogP contribution is 2.11. The fraction of sp³-hybridized carbons (Fsp3) is 0.417. The molecule has 0 fully saturated rings. The van der Waals surface area contributed by atoms with Crippen molar-refractivity contribution in [1.29, 1.82) is 0 Å². The van der Waals surface area contributed by atoms with Gasteiger partial charge in [0, 0.05) is 6.04 Å². The van der Waals surface area contributed by atoms with Crippen LogP contribution >= 0.6 is 0 Å². The van der Waals surface area contributed by atoms with Crippen molar-refractivity contribution in [2.45, 2.75) is 26.1 Å². The van der Waals surface area contributed by atoms with E-state index in [2.05, 4.69) is 13.1 Å². The number of esters is 1. The molecule has 0 N–H and O–H groups in total. The lowest BCUT2D eigenvalue weighted by Crippen LogP contribution is -2.43. The molecule has 0 aliphatic carbocycles. The standard InChI is InChI=1S/C12H17FO2Si/c1-4-15-12(14)9-16(2,3)11-7-5-10(13)6-8-11/h5-8H,4,9H2,1-3H3. The molecule has 0 bridgehead atoms. The van der Waals surface area contributed by atoms with Gasteiger partial charge < -0.3 is 4.74 Å². The summed E-state index contributed by atoms with van der Waals surface area (Å²) in [5, 5.41) is 1.07. The number of halogens is 1. The largest absolute Gasteiger partial charge is 0.466 e. The second-order valence-electron chi connectivity index (χ2n) is 4.37. The molecule has 0 atom stereocenters. The van der Waals surface area contributed by atoms with Crippen LogP contribution in [0.25, 0.3) is 0 Å². The average molecular weight is 240 g/mol. The van der Waals surface area contributed by atoms with Crippen LogP contribution in [-0.2, 0) is 9.53 Å². The lowest BCUT2D eigenvalue weighted by molar-refractivity contribution is -0.140. The maximum absolute atomic E-state index is 12.8. The molecule has 0 amide bonds. The zero-order valence-corrected chi connectivity index (χ0v) is 10.9. The van der Waals surface area contributed by atoms with E-state index in [1.807, 2.05) is 0 Å². The molecule has 0 unspecified atom stereocenters. The van der Waals surface area contributed by atoms with E-state index in [4.69, 9.17) is 4.74 Å². The third-order valence-electron chi connectivity index (χ3n) is 2.52. The number of hydrogen-bond acceptors (Lipinski definition) is 2.